The molecule has 2 aromatic carbocycles. The van der Waals surface area contributed by atoms with E-state index in [1.54, 1.807) is 24.3 Å². The third kappa shape index (κ3) is 4.76. The smallest absolute Gasteiger partial charge is 0.238 e. The Morgan fingerprint density at radius 3 is 2.57 bits per heavy atom. The topological polar surface area (TPSA) is 78.7 Å². The number of nitrogens with zero attached hydrogens (tertiary/aromatic N) is 3. The van der Waals surface area contributed by atoms with Crippen LogP contribution in [-0.4, -0.2) is 21.1 Å². The van der Waals surface area contributed by atoms with Crippen LogP contribution in [0.15, 0.2) is 65.8 Å². The molecule has 0 unspecified atom stereocenters. The van der Waals surface area contributed by atoms with Crippen molar-refractivity contribution in [3.8, 4) is 17.3 Å². The van der Waals surface area contributed by atoms with E-state index in [9.17, 15) is 10.1 Å². The maximum Gasteiger partial charge on any atom is 0.238 e. The van der Waals surface area contributed by atoms with Gasteiger partial charge in [0.15, 0.2) is 5.16 Å². The van der Waals surface area contributed by atoms with Gasteiger partial charge >= 0.3 is 0 Å². The van der Waals surface area contributed by atoms with Crippen molar-refractivity contribution in [3.63, 3.8) is 0 Å². The Bertz CT molecular complexity index is 1010. The summed E-state index contributed by atoms with van der Waals surface area (Å²) in [5, 5.41) is 12.3. The van der Waals surface area contributed by atoms with Crippen LogP contribution in [0.2, 0.25) is 0 Å². The van der Waals surface area contributed by atoms with Crippen LogP contribution in [0.1, 0.15) is 24.6 Å². The first-order valence-corrected chi connectivity index (χ1v) is 9.86. The molecule has 0 saturated heterocycles. The number of aromatic nitrogens is 2. The highest BCUT2D eigenvalue weighted by atomic mass is 32.2. The predicted molar refractivity (Wildman–Crippen MR) is 112 cm³/mol. The van der Waals surface area contributed by atoms with Crippen LogP contribution in [0, 0.1) is 18.3 Å². The van der Waals surface area contributed by atoms with Gasteiger partial charge < -0.3 is 5.32 Å². The number of para-hydroxylation sites is 1. The number of amides is 1. The summed E-state index contributed by atoms with van der Waals surface area (Å²) in [5.74, 6) is -0.165. The lowest BCUT2D eigenvalue weighted by molar-refractivity contribution is -0.115. The average molecular weight is 388 g/mol. The van der Waals surface area contributed by atoms with Gasteiger partial charge in [0.2, 0.25) is 5.91 Å². The quantitative estimate of drug-likeness (QED) is 0.483. The van der Waals surface area contributed by atoms with Gasteiger partial charge in [-0.1, -0.05) is 61.2 Å². The largest absolute Gasteiger partial charge is 0.324 e. The lowest BCUT2D eigenvalue weighted by Gasteiger charge is -2.15. The second-order valence-electron chi connectivity index (χ2n) is 6.20. The molecule has 6 heteroatoms. The number of hydrogen-bond acceptors (Lipinski definition) is 5. The molecule has 1 N–H and O–H groups in total. The molecule has 5 nitrogen and oxygen atoms in total. The van der Waals surface area contributed by atoms with Crippen molar-refractivity contribution in [2.75, 3.05) is 5.32 Å². The van der Waals surface area contributed by atoms with Crippen LogP contribution in [0.25, 0.3) is 11.3 Å². The molecule has 140 valence electrons. The van der Waals surface area contributed by atoms with Crippen LogP contribution < -0.4 is 5.32 Å². The van der Waals surface area contributed by atoms with Crippen molar-refractivity contribution in [3.05, 3.63) is 71.9 Å². The number of nitrogens with one attached hydrogen (secondary N) is 1. The van der Waals surface area contributed by atoms with Gasteiger partial charge in [0.05, 0.1) is 22.2 Å². The molecule has 0 bridgehead atoms. The minimum atomic E-state index is -0.364. The van der Waals surface area contributed by atoms with E-state index in [1.807, 2.05) is 50.2 Å². The summed E-state index contributed by atoms with van der Waals surface area (Å²) >= 11 is 1.34. The Morgan fingerprint density at radius 1 is 1.14 bits per heavy atom. The molecular formula is C22H20N4OS. The molecule has 1 amide bonds. The third-order valence-corrected chi connectivity index (χ3v) is 5.34. The van der Waals surface area contributed by atoms with Crippen molar-refractivity contribution in [2.24, 2.45) is 0 Å². The van der Waals surface area contributed by atoms with E-state index in [0.29, 0.717) is 22.8 Å². The zero-order valence-electron chi connectivity index (χ0n) is 15.7. The Balaban J connectivity index is 1.80. The zero-order valence-corrected chi connectivity index (χ0v) is 16.5. The van der Waals surface area contributed by atoms with Gasteiger partial charge in [0.1, 0.15) is 6.07 Å². The average Bonchev–Trinajstić information content (AvgIpc) is 2.72. The fourth-order valence-electron chi connectivity index (χ4n) is 2.70. The number of carbonyl (C=O) groups excluding carboxylic acids is 1. The first-order chi connectivity index (χ1) is 13.6. The van der Waals surface area contributed by atoms with Crippen molar-refractivity contribution in [1.82, 2.24) is 9.97 Å². The molecular weight excluding hydrogens is 368 g/mol. The van der Waals surface area contributed by atoms with Crippen LogP contribution >= 0.6 is 11.8 Å². The first kappa shape index (κ1) is 19.6. The summed E-state index contributed by atoms with van der Waals surface area (Å²) in [5.41, 5.74) is 3.65. The molecule has 0 saturated carbocycles. The molecule has 0 aliphatic rings. The second kappa shape index (κ2) is 9.16. The van der Waals surface area contributed by atoms with Crippen molar-refractivity contribution < 1.29 is 4.79 Å². The van der Waals surface area contributed by atoms with Gasteiger partial charge in [-0.05, 0) is 31.5 Å². The van der Waals surface area contributed by atoms with Gasteiger partial charge in [0, 0.05) is 11.3 Å². The minimum absolute atomic E-state index is 0.165. The second-order valence-corrected chi connectivity index (χ2v) is 7.37. The van der Waals surface area contributed by atoms with E-state index >= 15 is 0 Å². The van der Waals surface area contributed by atoms with Crippen molar-refractivity contribution >= 4 is 23.4 Å². The summed E-state index contributed by atoms with van der Waals surface area (Å²) in [6.45, 7) is 3.86. The Morgan fingerprint density at radius 2 is 1.86 bits per heavy atom. The highest BCUT2D eigenvalue weighted by molar-refractivity contribution is 8.00. The number of aryl methyl sites for hydroxylation is 1. The van der Waals surface area contributed by atoms with E-state index in [2.05, 4.69) is 21.4 Å². The molecule has 0 aliphatic heterocycles. The minimum Gasteiger partial charge on any atom is -0.324 e. The van der Waals surface area contributed by atoms with E-state index in [-0.39, 0.29) is 11.2 Å². The van der Waals surface area contributed by atoms with Gasteiger partial charge in [-0.3, -0.25) is 4.79 Å². The molecule has 1 atom stereocenters. The molecule has 0 radical (unpaired) electrons. The third-order valence-electron chi connectivity index (χ3n) is 4.12. The fourth-order valence-corrected chi connectivity index (χ4v) is 3.64. The number of anilines is 1. The molecule has 1 heterocycles. The van der Waals surface area contributed by atoms with Crippen LogP contribution in [0.5, 0.6) is 0 Å². The molecule has 28 heavy (non-hydrogen) atoms. The fraction of sp³-hybridized carbons (Fsp3) is 0.182. The number of nitriles is 1. The lowest BCUT2D eigenvalue weighted by Crippen LogP contribution is -2.25. The Kier molecular flexibility index (Phi) is 6.41. The summed E-state index contributed by atoms with van der Waals surface area (Å²) in [7, 11) is 0. The number of rotatable bonds is 6. The normalized spacial score (nSPS) is 11.5. The standard InChI is InChI=1S/C22H20N4OS/c1-3-20(21(27)25-18-12-8-7-11-17(18)14-23)28-22-24-15(2)13-19(26-22)16-9-5-4-6-10-16/h4-13,20H,3H2,1-2H3,(H,25,27)/t20-/m0/s1. The van der Waals surface area contributed by atoms with E-state index in [0.717, 1.165) is 17.0 Å². The van der Waals surface area contributed by atoms with Crippen molar-refractivity contribution in [1.29, 1.82) is 5.26 Å². The lowest BCUT2D eigenvalue weighted by atomic mass is 10.1. The number of thioether (sulfide) groups is 1. The van der Waals surface area contributed by atoms with Crippen LogP contribution in [0.3, 0.4) is 0 Å². The van der Waals surface area contributed by atoms with Gasteiger partial charge in [-0.15, -0.1) is 0 Å². The molecule has 1 aromatic heterocycles. The van der Waals surface area contributed by atoms with E-state index in [1.165, 1.54) is 11.8 Å². The zero-order chi connectivity index (χ0) is 19.9. The number of hydrogen-bond donors (Lipinski definition) is 1. The Hall–Kier alpha value is -3.17. The van der Waals surface area contributed by atoms with Crippen LogP contribution in [-0.2, 0) is 4.79 Å². The van der Waals surface area contributed by atoms with E-state index in [4.69, 9.17) is 0 Å². The Labute approximate surface area is 168 Å². The maximum absolute atomic E-state index is 12.8. The maximum atomic E-state index is 12.8. The van der Waals surface area contributed by atoms with Gasteiger partial charge in [0.25, 0.3) is 0 Å². The van der Waals surface area contributed by atoms with Crippen LogP contribution in [0.4, 0.5) is 5.69 Å². The number of benzene rings is 2. The molecule has 0 fully saturated rings. The van der Waals surface area contributed by atoms with Gasteiger partial charge in [-0.25, -0.2) is 9.97 Å². The summed E-state index contributed by atoms with van der Waals surface area (Å²) in [4.78, 5) is 21.9. The molecule has 0 spiro atoms. The molecule has 3 aromatic rings. The predicted octanol–water partition coefficient (Wildman–Crippen LogP) is 4.83. The van der Waals surface area contributed by atoms with Crippen molar-refractivity contribution in [2.45, 2.75) is 30.7 Å². The van der Waals surface area contributed by atoms with E-state index < -0.39 is 0 Å². The summed E-state index contributed by atoms with van der Waals surface area (Å²) in [6, 6.07) is 20.9. The summed E-state index contributed by atoms with van der Waals surface area (Å²) in [6.07, 6.45) is 0.614. The number of carbonyl (C=O) groups is 1. The first-order valence-electron chi connectivity index (χ1n) is 8.98. The monoisotopic (exact) mass is 388 g/mol. The van der Waals surface area contributed by atoms with Gasteiger partial charge in [-0.2, -0.15) is 5.26 Å². The highest BCUT2D eigenvalue weighted by Gasteiger charge is 2.21. The highest BCUT2D eigenvalue weighted by Crippen LogP contribution is 2.27. The summed E-state index contributed by atoms with van der Waals surface area (Å²) < 4.78 is 0. The molecule has 3 rings (SSSR count). The SMILES string of the molecule is CC[C@H](Sc1nc(C)cc(-c2ccccc2)n1)C(=O)Nc1ccccc1C#N. The molecule has 0 aliphatic carbocycles.